The monoisotopic (exact) mass is 403 g/mol. The maximum Gasteiger partial charge on any atom is 0.365 e. The van der Waals surface area contributed by atoms with E-state index in [9.17, 15) is 26.1 Å². The van der Waals surface area contributed by atoms with Crippen molar-refractivity contribution in [3.05, 3.63) is 42.0 Å². The molecule has 27 heavy (non-hydrogen) atoms. The molecule has 9 heteroatoms. The lowest BCUT2D eigenvalue weighted by atomic mass is 9.82. The molecule has 7 atom stereocenters. The molecule has 4 rings (SSSR count). The highest BCUT2D eigenvalue weighted by molar-refractivity contribution is 7.86. The Kier molecular flexibility index (Phi) is 4.41. The molecule has 0 amide bonds. The van der Waals surface area contributed by atoms with Crippen LogP contribution in [0.1, 0.15) is 30.3 Å². The summed E-state index contributed by atoms with van der Waals surface area (Å²) in [6.45, 7) is 3.67. The van der Waals surface area contributed by atoms with Crippen molar-refractivity contribution >= 4 is 16.2 Å². The molecule has 0 aromatic heterocycles. The fraction of sp³-hybridized carbons (Fsp3) is 0.556. The molecular formula is C18H18F3O5S-. The molecule has 5 nitrogen and oxygen atoms in total. The Bertz CT molecular complexity index is 841. The Labute approximate surface area is 154 Å². The molecule has 3 fully saturated rings. The van der Waals surface area contributed by atoms with E-state index in [4.69, 9.17) is 9.47 Å². The van der Waals surface area contributed by atoms with E-state index in [-0.39, 0.29) is 18.4 Å². The second kappa shape index (κ2) is 6.30. The van der Waals surface area contributed by atoms with E-state index in [2.05, 4.69) is 6.58 Å². The van der Waals surface area contributed by atoms with Gasteiger partial charge < -0.3 is 14.0 Å². The third kappa shape index (κ3) is 2.91. The van der Waals surface area contributed by atoms with Crippen LogP contribution >= 0.6 is 0 Å². The van der Waals surface area contributed by atoms with E-state index in [0.29, 0.717) is 6.42 Å². The molecule has 7 unspecified atom stereocenters. The topological polar surface area (TPSA) is 75.7 Å². The minimum Gasteiger partial charge on any atom is -0.743 e. The molecule has 1 aliphatic heterocycles. The van der Waals surface area contributed by atoms with Crippen LogP contribution in [0.25, 0.3) is 6.08 Å². The van der Waals surface area contributed by atoms with Gasteiger partial charge in [0.25, 0.3) is 0 Å². The number of hydrogen-bond acceptors (Lipinski definition) is 5. The molecule has 2 saturated carbocycles. The van der Waals surface area contributed by atoms with E-state index < -0.39 is 45.8 Å². The second-order valence-electron chi connectivity index (χ2n) is 7.38. The van der Waals surface area contributed by atoms with E-state index in [1.807, 2.05) is 12.1 Å². The summed E-state index contributed by atoms with van der Waals surface area (Å²) >= 11 is 0. The van der Waals surface area contributed by atoms with Gasteiger partial charge >= 0.3 is 5.25 Å². The van der Waals surface area contributed by atoms with Gasteiger partial charge in [-0.05, 0) is 30.2 Å². The first-order valence-corrected chi connectivity index (χ1v) is 10.0. The van der Waals surface area contributed by atoms with Gasteiger partial charge in [0.05, 0.1) is 12.2 Å². The third-order valence-corrected chi connectivity index (χ3v) is 6.84. The van der Waals surface area contributed by atoms with Gasteiger partial charge in [0.2, 0.25) is 0 Å². The maximum atomic E-state index is 14.4. The van der Waals surface area contributed by atoms with Crippen molar-refractivity contribution in [3.8, 4) is 0 Å². The molecule has 3 aliphatic rings. The summed E-state index contributed by atoms with van der Waals surface area (Å²) in [7, 11) is -6.08. The van der Waals surface area contributed by atoms with Crippen molar-refractivity contribution in [3.63, 3.8) is 0 Å². The first kappa shape index (κ1) is 18.9. The van der Waals surface area contributed by atoms with Gasteiger partial charge in [-0.1, -0.05) is 36.9 Å². The SMILES string of the molecule is C=Cc1ccc(C2OC3C4CC(C(C(F)C(F)(F)S(=O)(=O)[O-])C4)C3O2)cc1. The molecule has 0 N–H and O–H groups in total. The van der Waals surface area contributed by atoms with Gasteiger partial charge in [0, 0.05) is 11.5 Å². The summed E-state index contributed by atoms with van der Waals surface area (Å²) in [6, 6.07) is 7.27. The van der Waals surface area contributed by atoms with Gasteiger partial charge in [-0.25, -0.2) is 12.8 Å². The minimum atomic E-state index is -6.08. The van der Waals surface area contributed by atoms with E-state index in [1.165, 1.54) is 0 Å². The van der Waals surface area contributed by atoms with Crippen molar-refractivity contribution in [1.29, 1.82) is 0 Å². The molecule has 0 radical (unpaired) electrons. The van der Waals surface area contributed by atoms with Gasteiger partial charge in [0.1, 0.15) is 0 Å². The normalized spacial score (nSPS) is 36.6. The fourth-order valence-electron chi connectivity index (χ4n) is 4.66. The van der Waals surface area contributed by atoms with Crippen LogP contribution in [-0.4, -0.2) is 36.6 Å². The number of ether oxygens (including phenoxy) is 2. The average Bonchev–Trinajstić information content (AvgIpc) is 3.31. The van der Waals surface area contributed by atoms with Gasteiger partial charge in [-0.3, -0.25) is 0 Å². The predicted octanol–water partition coefficient (Wildman–Crippen LogP) is 3.24. The second-order valence-corrected chi connectivity index (χ2v) is 8.83. The highest BCUT2D eigenvalue weighted by Gasteiger charge is 2.64. The predicted molar refractivity (Wildman–Crippen MR) is 88.3 cm³/mol. The summed E-state index contributed by atoms with van der Waals surface area (Å²) in [5.74, 6) is -2.06. The zero-order chi connectivity index (χ0) is 19.6. The molecule has 1 aromatic rings. The Morgan fingerprint density at radius 3 is 2.41 bits per heavy atom. The van der Waals surface area contributed by atoms with Crippen LogP contribution in [0, 0.1) is 17.8 Å². The highest BCUT2D eigenvalue weighted by Crippen LogP contribution is 2.58. The first-order chi connectivity index (χ1) is 12.6. The van der Waals surface area contributed by atoms with Crippen LogP contribution in [0.5, 0.6) is 0 Å². The number of hydrogen-bond donors (Lipinski definition) is 0. The fourth-order valence-corrected chi connectivity index (χ4v) is 5.11. The summed E-state index contributed by atoms with van der Waals surface area (Å²) in [5, 5.41) is -4.95. The van der Waals surface area contributed by atoms with Crippen LogP contribution in [0.4, 0.5) is 13.2 Å². The average molecular weight is 403 g/mol. The number of alkyl halides is 3. The zero-order valence-electron chi connectivity index (χ0n) is 14.1. The number of halogens is 3. The molecule has 2 aliphatic carbocycles. The molecule has 1 aromatic carbocycles. The largest absolute Gasteiger partial charge is 0.743 e. The lowest BCUT2D eigenvalue weighted by Gasteiger charge is -2.34. The summed E-state index contributed by atoms with van der Waals surface area (Å²) in [4.78, 5) is 0. The Morgan fingerprint density at radius 2 is 1.81 bits per heavy atom. The molecule has 148 valence electrons. The Morgan fingerprint density at radius 1 is 1.19 bits per heavy atom. The van der Waals surface area contributed by atoms with Crippen LogP contribution in [0.2, 0.25) is 0 Å². The molecule has 0 spiro atoms. The van der Waals surface area contributed by atoms with Gasteiger partial charge in [-0.15, -0.1) is 0 Å². The molecule has 2 bridgehead atoms. The lowest BCUT2D eigenvalue weighted by molar-refractivity contribution is -0.0900. The van der Waals surface area contributed by atoms with Crippen molar-refractivity contribution in [2.45, 2.75) is 42.8 Å². The molecule has 1 saturated heterocycles. The summed E-state index contributed by atoms with van der Waals surface area (Å²) < 4.78 is 85.9. The van der Waals surface area contributed by atoms with Gasteiger partial charge in [0.15, 0.2) is 22.6 Å². The number of rotatable bonds is 5. The summed E-state index contributed by atoms with van der Waals surface area (Å²) in [5.41, 5.74) is 1.66. The van der Waals surface area contributed by atoms with Crippen LogP contribution in [0.3, 0.4) is 0 Å². The van der Waals surface area contributed by atoms with E-state index in [1.54, 1.807) is 18.2 Å². The van der Waals surface area contributed by atoms with Gasteiger partial charge in [-0.2, -0.15) is 8.78 Å². The third-order valence-electron chi connectivity index (χ3n) is 5.95. The molecule has 1 heterocycles. The first-order valence-electron chi connectivity index (χ1n) is 8.64. The van der Waals surface area contributed by atoms with Crippen molar-refractivity contribution in [2.75, 3.05) is 0 Å². The van der Waals surface area contributed by atoms with E-state index >= 15 is 0 Å². The minimum absolute atomic E-state index is 0.0452. The number of fused-ring (bicyclic) bond motifs is 5. The van der Waals surface area contributed by atoms with Crippen molar-refractivity contribution in [2.24, 2.45) is 17.8 Å². The quantitative estimate of drug-likeness (QED) is 0.706. The zero-order valence-corrected chi connectivity index (χ0v) is 14.9. The smallest absolute Gasteiger partial charge is 0.365 e. The highest BCUT2D eigenvalue weighted by atomic mass is 32.2. The van der Waals surface area contributed by atoms with Crippen LogP contribution in [0.15, 0.2) is 30.8 Å². The molecular weight excluding hydrogens is 385 g/mol. The summed E-state index contributed by atoms with van der Waals surface area (Å²) in [6.07, 6.45) is -2.54. The maximum absolute atomic E-state index is 14.4. The number of benzene rings is 1. The standard InChI is InChI=1S/C18H19F3O5S/c1-2-9-3-5-10(6-4-9)17-25-14-11-7-12(15(14)26-17)13(8-11)16(19)18(20,21)27(22,23)24/h2-6,11-17H,1,7-8H2,(H,22,23,24)/p-1. The lowest BCUT2D eigenvalue weighted by Crippen LogP contribution is -2.47. The van der Waals surface area contributed by atoms with E-state index in [0.717, 1.165) is 11.1 Å². The Balaban J connectivity index is 1.51. The van der Waals surface area contributed by atoms with Crippen molar-refractivity contribution in [1.82, 2.24) is 0 Å². The van der Waals surface area contributed by atoms with Crippen LogP contribution in [-0.2, 0) is 19.6 Å². The van der Waals surface area contributed by atoms with Crippen molar-refractivity contribution < 1.29 is 35.6 Å². The van der Waals surface area contributed by atoms with Crippen LogP contribution < -0.4 is 0 Å². The Hall–Kier alpha value is -1.42.